The standard InChI is InChI=1S/C6H14N4/c1-9-6(8)2-4-10-5-3-7/h8,10H,1-5,7H2. The highest BCUT2D eigenvalue weighted by Gasteiger charge is 1.89. The lowest BCUT2D eigenvalue weighted by Crippen LogP contribution is -2.24. The first kappa shape index (κ1) is 9.26. The molecule has 0 radical (unpaired) electrons. The first-order chi connectivity index (χ1) is 4.81. The molecule has 0 amide bonds. The van der Waals surface area contributed by atoms with Crippen LogP contribution in [0.15, 0.2) is 4.99 Å². The molecular weight excluding hydrogens is 128 g/mol. The number of hydrogen-bond acceptors (Lipinski definition) is 3. The van der Waals surface area contributed by atoms with Crippen LogP contribution >= 0.6 is 0 Å². The van der Waals surface area contributed by atoms with Gasteiger partial charge in [-0.25, -0.2) is 4.99 Å². The van der Waals surface area contributed by atoms with Crippen molar-refractivity contribution >= 4 is 12.6 Å². The maximum absolute atomic E-state index is 7.07. The Balaban J connectivity index is 3.03. The van der Waals surface area contributed by atoms with Crippen LogP contribution in [0, 0.1) is 5.41 Å². The maximum Gasteiger partial charge on any atom is 0.120 e. The minimum absolute atomic E-state index is 0.324. The molecule has 10 heavy (non-hydrogen) atoms. The number of nitrogens with one attached hydrogen (secondary N) is 2. The van der Waals surface area contributed by atoms with Crippen LogP contribution in [-0.2, 0) is 0 Å². The molecule has 0 spiro atoms. The van der Waals surface area contributed by atoms with Gasteiger partial charge < -0.3 is 11.1 Å². The molecule has 0 fully saturated rings. The molecule has 0 aromatic carbocycles. The van der Waals surface area contributed by atoms with Gasteiger partial charge in [0.1, 0.15) is 5.84 Å². The van der Waals surface area contributed by atoms with Gasteiger partial charge in [0.25, 0.3) is 0 Å². The molecule has 4 N–H and O–H groups in total. The van der Waals surface area contributed by atoms with Gasteiger partial charge in [0.05, 0.1) is 0 Å². The highest BCUT2D eigenvalue weighted by atomic mass is 14.9. The second kappa shape index (κ2) is 6.38. The minimum atomic E-state index is 0.324. The zero-order valence-corrected chi connectivity index (χ0v) is 6.06. The van der Waals surface area contributed by atoms with Crippen LogP contribution in [0.5, 0.6) is 0 Å². The average Bonchev–Trinajstić information content (AvgIpc) is 1.98. The second-order valence-corrected chi connectivity index (χ2v) is 1.89. The Morgan fingerprint density at radius 3 is 2.80 bits per heavy atom. The monoisotopic (exact) mass is 142 g/mol. The molecule has 0 saturated heterocycles. The molecule has 0 bridgehead atoms. The van der Waals surface area contributed by atoms with Crippen LogP contribution in [0.3, 0.4) is 0 Å². The van der Waals surface area contributed by atoms with Crippen LogP contribution in [0.4, 0.5) is 0 Å². The van der Waals surface area contributed by atoms with Gasteiger partial charge in [0.15, 0.2) is 0 Å². The fraction of sp³-hybridized carbons (Fsp3) is 0.667. The van der Waals surface area contributed by atoms with Gasteiger partial charge in [-0.2, -0.15) is 0 Å². The average molecular weight is 142 g/mol. The lowest BCUT2D eigenvalue weighted by atomic mass is 10.4. The van der Waals surface area contributed by atoms with Crippen molar-refractivity contribution < 1.29 is 0 Å². The SMILES string of the molecule is C=NC(=N)CCNCCN. The van der Waals surface area contributed by atoms with Gasteiger partial charge in [0, 0.05) is 26.1 Å². The van der Waals surface area contributed by atoms with Crippen LogP contribution in [0.1, 0.15) is 6.42 Å². The predicted octanol–water partition coefficient (Wildman–Crippen LogP) is -0.397. The lowest BCUT2D eigenvalue weighted by molar-refractivity contribution is 0.703. The largest absolute Gasteiger partial charge is 0.329 e. The zero-order valence-electron chi connectivity index (χ0n) is 6.06. The van der Waals surface area contributed by atoms with Gasteiger partial charge in [-0.3, -0.25) is 5.41 Å². The Labute approximate surface area is 61.0 Å². The molecule has 0 aliphatic heterocycles. The molecule has 0 aromatic rings. The van der Waals surface area contributed by atoms with E-state index in [0.717, 1.165) is 13.1 Å². The van der Waals surface area contributed by atoms with E-state index in [9.17, 15) is 0 Å². The molecule has 4 nitrogen and oxygen atoms in total. The van der Waals surface area contributed by atoms with E-state index in [-0.39, 0.29) is 0 Å². The summed E-state index contributed by atoms with van der Waals surface area (Å²) in [5.74, 6) is 0.324. The van der Waals surface area contributed by atoms with Crippen molar-refractivity contribution in [3.8, 4) is 0 Å². The third kappa shape index (κ3) is 5.40. The summed E-state index contributed by atoms with van der Waals surface area (Å²) in [5, 5.41) is 10.1. The predicted molar refractivity (Wildman–Crippen MR) is 43.8 cm³/mol. The van der Waals surface area contributed by atoms with Crippen molar-refractivity contribution in [3.05, 3.63) is 0 Å². The summed E-state index contributed by atoms with van der Waals surface area (Å²) < 4.78 is 0. The third-order valence-electron chi connectivity index (χ3n) is 1.05. The van der Waals surface area contributed by atoms with Crippen molar-refractivity contribution in [2.24, 2.45) is 10.7 Å². The lowest BCUT2D eigenvalue weighted by Gasteiger charge is -1.99. The summed E-state index contributed by atoms with van der Waals surface area (Å²) >= 11 is 0. The Morgan fingerprint density at radius 2 is 2.30 bits per heavy atom. The minimum Gasteiger partial charge on any atom is -0.329 e. The number of rotatable bonds is 5. The fourth-order valence-corrected chi connectivity index (χ4v) is 0.513. The number of amidine groups is 1. The van der Waals surface area contributed by atoms with Gasteiger partial charge in [-0.05, 0) is 6.72 Å². The Bertz CT molecular complexity index is 110. The Hall–Kier alpha value is -0.740. The van der Waals surface area contributed by atoms with E-state index >= 15 is 0 Å². The first-order valence-corrected chi connectivity index (χ1v) is 3.26. The molecule has 0 unspecified atom stereocenters. The topological polar surface area (TPSA) is 74.3 Å². The van der Waals surface area contributed by atoms with Crippen molar-refractivity contribution in [2.75, 3.05) is 19.6 Å². The van der Waals surface area contributed by atoms with Crippen LogP contribution in [0.25, 0.3) is 0 Å². The zero-order chi connectivity index (χ0) is 7.82. The summed E-state index contributed by atoms with van der Waals surface area (Å²) in [7, 11) is 0. The Morgan fingerprint density at radius 1 is 1.60 bits per heavy atom. The molecule has 0 atom stereocenters. The van der Waals surface area contributed by atoms with Gasteiger partial charge >= 0.3 is 0 Å². The van der Waals surface area contributed by atoms with Crippen molar-refractivity contribution in [1.82, 2.24) is 5.32 Å². The third-order valence-corrected chi connectivity index (χ3v) is 1.05. The normalized spacial score (nSPS) is 9.30. The van der Waals surface area contributed by atoms with E-state index in [2.05, 4.69) is 17.0 Å². The maximum atomic E-state index is 7.07. The Kier molecular flexibility index (Phi) is 5.91. The van der Waals surface area contributed by atoms with Crippen LogP contribution < -0.4 is 11.1 Å². The van der Waals surface area contributed by atoms with Gasteiger partial charge in [-0.15, -0.1) is 0 Å². The van der Waals surface area contributed by atoms with Crippen molar-refractivity contribution in [2.45, 2.75) is 6.42 Å². The number of aliphatic imine (C=N–C) groups is 1. The summed E-state index contributed by atoms with van der Waals surface area (Å²) in [6.07, 6.45) is 0.628. The molecule has 0 aliphatic rings. The molecule has 0 saturated carbocycles. The van der Waals surface area contributed by atoms with Crippen molar-refractivity contribution in [3.63, 3.8) is 0 Å². The second-order valence-electron chi connectivity index (χ2n) is 1.89. The molecule has 0 aliphatic carbocycles. The molecule has 0 rings (SSSR count). The smallest absolute Gasteiger partial charge is 0.120 e. The van der Waals surface area contributed by atoms with E-state index in [1.54, 1.807) is 0 Å². The summed E-state index contributed by atoms with van der Waals surface area (Å²) in [6, 6.07) is 0. The van der Waals surface area contributed by atoms with E-state index in [4.69, 9.17) is 11.1 Å². The van der Waals surface area contributed by atoms with E-state index in [0.29, 0.717) is 18.8 Å². The molecule has 0 heterocycles. The van der Waals surface area contributed by atoms with Crippen LogP contribution in [0.2, 0.25) is 0 Å². The van der Waals surface area contributed by atoms with Crippen molar-refractivity contribution in [1.29, 1.82) is 5.41 Å². The quantitative estimate of drug-likeness (QED) is 0.277. The van der Waals surface area contributed by atoms with E-state index < -0.39 is 0 Å². The molecule has 4 heteroatoms. The highest BCUT2D eigenvalue weighted by molar-refractivity contribution is 5.83. The molecule has 0 aromatic heterocycles. The van der Waals surface area contributed by atoms with Gasteiger partial charge in [0.2, 0.25) is 0 Å². The summed E-state index contributed by atoms with van der Waals surface area (Å²) in [5.41, 5.74) is 5.23. The number of nitrogens with two attached hydrogens (primary N) is 1. The summed E-state index contributed by atoms with van der Waals surface area (Å²) in [6.45, 7) is 5.42. The molecular formula is C6H14N4. The fourth-order valence-electron chi connectivity index (χ4n) is 0.513. The van der Waals surface area contributed by atoms with E-state index in [1.165, 1.54) is 0 Å². The number of hydrogen-bond donors (Lipinski definition) is 3. The highest BCUT2D eigenvalue weighted by Crippen LogP contribution is 1.80. The molecule has 58 valence electrons. The first-order valence-electron chi connectivity index (χ1n) is 3.26. The summed E-state index contributed by atoms with van der Waals surface area (Å²) in [4.78, 5) is 3.45. The van der Waals surface area contributed by atoms with Gasteiger partial charge in [-0.1, -0.05) is 0 Å². The number of nitrogens with zero attached hydrogens (tertiary/aromatic N) is 1. The van der Waals surface area contributed by atoms with E-state index in [1.807, 2.05) is 0 Å². The van der Waals surface area contributed by atoms with Crippen LogP contribution in [-0.4, -0.2) is 32.2 Å².